The molecule has 0 radical (unpaired) electrons. The summed E-state index contributed by atoms with van der Waals surface area (Å²) in [6, 6.07) is 11.3. The number of esters is 2. The van der Waals surface area contributed by atoms with E-state index in [0.29, 0.717) is 16.7 Å². The molecule has 1 heterocycles. The van der Waals surface area contributed by atoms with Crippen molar-refractivity contribution in [1.82, 2.24) is 14.8 Å². The zero-order chi connectivity index (χ0) is 25.4. The lowest BCUT2D eigenvalue weighted by Crippen LogP contribution is -2.16. The van der Waals surface area contributed by atoms with Gasteiger partial charge in [0.25, 0.3) is 0 Å². The van der Waals surface area contributed by atoms with Crippen LogP contribution in [0.15, 0.2) is 47.6 Å². The maximum absolute atomic E-state index is 12.5. The van der Waals surface area contributed by atoms with Gasteiger partial charge in [0.1, 0.15) is 18.1 Å². The molecule has 0 saturated heterocycles. The van der Waals surface area contributed by atoms with E-state index in [1.54, 1.807) is 43.0 Å². The van der Waals surface area contributed by atoms with E-state index >= 15 is 0 Å². The standard InChI is InChI=1S/C23H24N4O7S/c1-27-19(12-34-18-7-5-17(31-2)6-8-18)25-26-23(27)35-13-20(28)24-16-10-14(21(29)32-3)9-15(11-16)22(30)33-4/h5-11H,12-13H2,1-4H3,(H,24,28). The van der Waals surface area contributed by atoms with Crippen LogP contribution >= 0.6 is 11.8 Å². The number of ether oxygens (including phenoxy) is 4. The van der Waals surface area contributed by atoms with Gasteiger partial charge in [-0.2, -0.15) is 0 Å². The Hall–Kier alpha value is -4.06. The van der Waals surface area contributed by atoms with Crippen molar-refractivity contribution in [3.8, 4) is 11.5 Å². The summed E-state index contributed by atoms with van der Waals surface area (Å²) in [4.78, 5) is 36.3. The van der Waals surface area contributed by atoms with Gasteiger partial charge in [0, 0.05) is 12.7 Å². The molecule has 2 aromatic carbocycles. The Morgan fingerprint density at radius 1 is 0.914 bits per heavy atom. The van der Waals surface area contributed by atoms with E-state index in [2.05, 4.69) is 15.5 Å². The third kappa shape index (κ3) is 6.73. The second-order valence-electron chi connectivity index (χ2n) is 7.04. The molecule has 0 fully saturated rings. The minimum Gasteiger partial charge on any atom is -0.497 e. The van der Waals surface area contributed by atoms with E-state index in [1.807, 2.05) is 0 Å². The molecule has 3 aromatic rings. The molecular formula is C23H24N4O7S. The maximum Gasteiger partial charge on any atom is 0.337 e. The molecule has 1 amide bonds. The number of carbonyl (C=O) groups is 3. The lowest BCUT2D eigenvalue weighted by atomic mass is 10.1. The number of aromatic nitrogens is 3. The van der Waals surface area contributed by atoms with Crippen LogP contribution in [0.4, 0.5) is 5.69 Å². The predicted molar refractivity (Wildman–Crippen MR) is 127 cm³/mol. The molecule has 0 atom stereocenters. The van der Waals surface area contributed by atoms with Crippen LogP contribution in [-0.4, -0.2) is 59.7 Å². The van der Waals surface area contributed by atoms with Crippen LogP contribution in [0.3, 0.4) is 0 Å². The summed E-state index contributed by atoms with van der Waals surface area (Å²) in [5, 5.41) is 11.4. The molecule has 184 valence electrons. The van der Waals surface area contributed by atoms with Crippen LogP contribution < -0.4 is 14.8 Å². The fraction of sp³-hybridized carbons (Fsp3) is 0.261. The molecule has 0 aliphatic rings. The average Bonchev–Trinajstić information content (AvgIpc) is 3.24. The molecule has 0 aliphatic heterocycles. The number of carbonyl (C=O) groups excluding carboxylic acids is 3. The molecular weight excluding hydrogens is 476 g/mol. The number of hydrogen-bond donors (Lipinski definition) is 1. The lowest BCUT2D eigenvalue weighted by molar-refractivity contribution is -0.113. The Morgan fingerprint density at radius 2 is 1.51 bits per heavy atom. The number of benzene rings is 2. The largest absolute Gasteiger partial charge is 0.497 e. The van der Waals surface area contributed by atoms with Crippen molar-refractivity contribution in [2.45, 2.75) is 11.8 Å². The Kier molecular flexibility index (Phi) is 8.68. The number of amides is 1. The summed E-state index contributed by atoms with van der Waals surface area (Å²) in [5.74, 6) is 0.313. The van der Waals surface area contributed by atoms with Crippen molar-refractivity contribution in [3.63, 3.8) is 0 Å². The molecule has 3 rings (SSSR count). The second kappa shape index (κ2) is 11.9. The number of hydrogen-bond acceptors (Lipinski definition) is 10. The highest BCUT2D eigenvalue weighted by Crippen LogP contribution is 2.21. The van der Waals surface area contributed by atoms with Crippen molar-refractivity contribution >= 4 is 35.3 Å². The molecule has 0 bridgehead atoms. The third-order valence-corrected chi connectivity index (χ3v) is 5.76. The topological polar surface area (TPSA) is 131 Å². The van der Waals surface area contributed by atoms with Crippen LogP contribution in [0.5, 0.6) is 11.5 Å². The fourth-order valence-electron chi connectivity index (χ4n) is 2.91. The van der Waals surface area contributed by atoms with Gasteiger partial charge in [-0.15, -0.1) is 10.2 Å². The van der Waals surface area contributed by atoms with E-state index in [1.165, 1.54) is 44.2 Å². The van der Waals surface area contributed by atoms with Crippen LogP contribution in [-0.2, 0) is 27.9 Å². The Balaban J connectivity index is 1.60. The van der Waals surface area contributed by atoms with Crippen molar-refractivity contribution in [3.05, 3.63) is 59.4 Å². The molecule has 0 saturated carbocycles. The van der Waals surface area contributed by atoms with Crippen molar-refractivity contribution in [2.75, 3.05) is 32.4 Å². The SMILES string of the molecule is COC(=O)c1cc(NC(=O)CSc2nnc(COc3ccc(OC)cc3)n2C)cc(C(=O)OC)c1. The average molecular weight is 501 g/mol. The lowest BCUT2D eigenvalue weighted by Gasteiger charge is -2.10. The molecule has 35 heavy (non-hydrogen) atoms. The normalized spacial score (nSPS) is 10.4. The minimum atomic E-state index is -0.649. The zero-order valence-electron chi connectivity index (χ0n) is 19.6. The van der Waals surface area contributed by atoms with E-state index in [4.69, 9.17) is 18.9 Å². The number of anilines is 1. The zero-order valence-corrected chi connectivity index (χ0v) is 20.4. The molecule has 11 nitrogen and oxygen atoms in total. The highest BCUT2D eigenvalue weighted by Gasteiger charge is 2.16. The first-order valence-electron chi connectivity index (χ1n) is 10.2. The van der Waals surface area contributed by atoms with Gasteiger partial charge in [-0.25, -0.2) is 9.59 Å². The monoisotopic (exact) mass is 500 g/mol. The quantitative estimate of drug-likeness (QED) is 0.327. The van der Waals surface area contributed by atoms with Gasteiger partial charge >= 0.3 is 11.9 Å². The summed E-state index contributed by atoms with van der Waals surface area (Å²) >= 11 is 1.17. The van der Waals surface area contributed by atoms with Crippen LogP contribution in [0.2, 0.25) is 0 Å². The highest BCUT2D eigenvalue weighted by atomic mass is 32.2. The maximum atomic E-state index is 12.5. The number of thioether (sulfide) groups is 1. The van der Waals surface area contributed by atoms with Crippen LogP contribution in [0.1, 0.15) is 26.5 Å². The number of rotatable bonds is 10. The van der Waals surface area contributed by atoms with Gasteiger partial charge in [-0.1, -0.05) is 11.8 Å². The molecule has 0 unspecified atom stereocenters. The van der Waals surface area contributed by atoms with Gasteiger partial charge < -0.3 is 28.8 Å². The van der Waals surface area contributed by atoms with Crippen LogP contribution in [0.25, 0.3) is 0 Å². The first-order valence-corrected chi connectivity index (χ1v) is 11.2. The van der Waals surface area contributed by atoms with E-state index in [-0.39, 0.29) is 35.1 Å². The Morgan fingerprint density at radius 3 is 2.09 bits per heavy atom. The number of nitrogens with one attached hydrogen (secondary N) is 1. The summed E-state index contributed by atoms with van der Waals surface area (Å²) in [6.45, 7) is 0.194. The van der Waals surface area contributed by atoms with Gasteiger partial charge in [-0.3, -0.25) is 4.79 Å². The van der Waals surface area contributed by atoms with E-state index in [9.17, 15) is 14.4 Å². The molecule has 12 heteroatoms. The summed E-state index contributed by atoms with van der Waals surface area (Å²) in [7, 11) is 5.81. The third-order valence-electron chi connectivity index (χ3n) is 4.74. The molecule has 1 aromatic heterocycles. The summed E-state index contributed by atoms with van der Waals surface area (Å²) in [6.07, 6.45) is 0. The van der Waals surface area contributed by atoms with Gasteiger partial charge in [0.2, 0.25) is 5.91 Å². The van der Waals surface area contributed by atoms with Crippen molar-refractivity contribution in [1.29, 1.82) is 0 Å². The highest BCUT2D eigenvalue weighted by molar-refractivity contribution is 7.99. The van der Waals surface area contributed by atoms with E-state index in [0.717, 1.165) is 5.75 Å². The summed E-state index contributed by atoms with van der Waals surface area (Å²) in [5.41, 5.74) is 0.465. The van der Waals surface area contributed by atoms with Crippen molar-refractivity contribution < 1.29 is 33.3 Å². The van der Waals surface area contributed by atoms with Gasteiger partial charge in [0.15, 0.2) is 11.0 Å². The molecule has 1 N–H and O–H groups in total. The first kappa shape index (κ1) is 25.6. The van der Waals surface area contributed by atoms with Crippen LogP contribution in [0, 0.1) is 0 Å². The fourth-order valence-corrected chi connectivity index (χ4v) is 3.64. The molecule has 0 aliphatic carbocycles. The number of methoxy groups -OCH3 is 3. The molecule has 0 spiro atoms. The van der Waals surface area contributed by atoms with Gasteiger partial charge in [0.05, 0.1) is 38.2 Å². The predicted octanol–water partition coefficient (Wildman–Crippen LogP) is 2.71. The smallest absolute Gasteiger partial charge is 0.337 e. The van der Waals surface area contributed by atoms with Crippen molar-refractivity contribution in [2.24, 2.45) is 7.05 Å². The second-order valence-corrected chi connectivity index (χ2v) is 7.98. The Bertz CT molecular complexity index is 1180. The van der Waals surface area contributed by atoms with Gasteiger partial charge in [-0.05, 0) is 42.5 Å². The Labute approximate surface area is 205 Å². The minimum absolute atomic E-state index is 0.0152. The summed E-state index contributed by atoms with van der Waals surface area (Å²) < 4.78 is 22.0. The first-order chi connectivity index (χ1) is 16.8. The van der Waals surface area contributed by atoms with E-state index < -0.39 is 11.9 Å². The number of nitrogens with zero attached hydrogens (tertiary/aromatic N) is 3.